The van der Waals surface area contributed by atoms with Crippen molar-refractivity contribution >= 4 is 35.8 Å². The van der Waals surface area contributed by atoms with Gasteiger partial charge in [-0.25, -0.2) is 4.99 Å². The Morgan fingerprint density at radius 2 is 2.13 bits per heavy atom. The summed E-state index contributed by atoms with van der Waals surface area (Å²) in [6, 6.07) is 8.86. The number of halogens is 1. The number of hydrogen-bond acceptors (Lipinski definition) is 2. The summed E-state index contributed by atoms with van der Waals surface area (Å²) < 4.78 is 0. The molecule has 1 saturated heterocycles. The smallest absolute Gasteiger partial charge is 0.222 e. The number of likely N-dealkylation sites (tertiary alicyclic amines) is 1. The number of amides is 1. The zero-order valence-electron chi connectivity index (χ0n) is 13.6. The number of benzene rings is 1. The largest absolute Gasteiger partial charge is 0.370 e. The Morgan fingerprint density at radius 3 is 2.78 bits per heavy atom. The van der Waals surface area contributed by atoms with Gasteiger partial charge in [0.1, 0.15) is 0 Å². The van der Waals surface area contributed by atoms with Crippen LogP contribution in [0.2, 0.25) is 0 Å². The van der Waals surface area contributed by atoms with E-state index in [9.17, 15) is 4.79 Å². The molecule has 1 aromatic rings. The van der Waals surface area contributed by atoms with E-state index in [2.05, 4.69) is 28.1 Å². The molecule has 0 spiro atoms. The third-order valence-corrected chi connectivity index (χ3v) is 4.42. The summed E-state index contributed by atoms with van der Waals surface area (Å²) in [5, 5.41) is 0. The van der Waals surface area contributed by atoms with Gasteiger partial charge in [-0.3, -0.25) is 4.79 Å². The molecular weight excluding hydrogens is 403 g/mol. The van der Waals surface area contributed by atoms with Gasteiger partial charge in [0, 0.05) is 32.6 Å². The number of hydrogen-bond donors (Lipinski definition) is 1. The fourth-order valence-electron chi connectivity index (χ4n) is 2.85. The van der Waals surface area contributed by atoms with Gasteiger partial charge in [0.15, 0.2) is 5.96 Å². The first-order valence-electron chi connectivity index (χ1n) is 8.02. The molecule has 1 heterocycles. The topological polar surface area (TPSA) is 61.9 Å². The minimum Gasteiger partial charge on any atom is -0.370 e. The average Bonchev–Trinajstić information content (AvgIpc) is 3.29. The van der Waals surface area contributed by atoms with Gasteiger partial charge >= 0.3 is 0 Å². The number of carbonyl (C=O) groups excluding carboxylic acids is 1. The molecule has 126 valence electrons. The number of aliphatic imine (C=N–C) groups is 1. The Balaban J connectivity index is 0.00000192. The van der Waals surface area contributed by atoms with Gasteiger partial charge < -0.3 is 15.5 Å². The highest BCUT2D eigenvalue weighted by atomic mass is 127. The second kappa shape index (κ2) is 7.99. The van der Waals surface area contributed by atoms with Crippen LogP contribution in [0.5, 0.6) is 0 Å². The number of nitrogens with zero attached hydrogens (tertiary/aromatic N) is 3. The van der Waals surface area contributed by atoms with E-state index in [1.807, 2.05) is 18.0 Å². The van der Waals surface area contributed by atoms with Gasteiger partial charge in [-0.2, -0.15) is 0 Å². The molecule has 3 rings (SSSR count). The summed E-state index contributed by atoms with van der Waals surface area (Å²) in [4.78, 5) is 20.2. The van der Waals surface area contributed by atoms with Crippen LogP contribution in [0.25, 0.3) is 0 Å². The Labute approximate surface area is 154 Å². The summed E-state index contributed by atoms with van der Waals surface area (Å²) in [6.45, 7) is 2.17. The second-order valence-corrected chi connectivity index (χ2v) is 6.26. The lowest BCUT2D eigenvalue weighted by Gasteiger charge is -2.17. The molecule has 5 nitrogen and oxygen atoms in total. The van der Waals surface area contributed by atoms with Crippen molar-refractivity contribution in [3.8, 4) is 0 Å². The van der Waals surface area contributed by atoms with E-state index in [-0.39, 0.29) is 29.9 Å². The van der Waals surface area contributed by atoms with Crippen molar-refractivity contribution < 1.29 is 4.79 Å². The fourth-order valence-corrected chi connectivity index (χ4v) is 2.85. The van der Waals surface area contributed by atoms with Crippen molar-refractivity contribution in [2.45, 2.75) is 44.8 Å². The molecule has 0 radical (unpaired) electrons. The van der Waals surface area contributed by atoms with E-state index in [4.69, 9.17) is 5.73 Å². The molecule has 6 heteroatoms. The van der Waals surface area contributed by atoms with Crippen molar-refractivity contribution in [2.75, 3.05) is 13.6 Å². The normalized spacial score (nSPS) is 18.0. The van der Waals surface area contributed by atoms with E-state index in [1.54, 1.807) is 0 Å². The van der Waals surface area contributed by atoms with Crippen LogP contribution in [0.3, 0.4) is 0 Å². The minimum absolute atomic E-state index is 0. The van der Waals surface area contributed by atoms with E-state index >= 15 is 0 Å². The van der Waals surface area contributed by atoms with Gasteiger partial charge in [-0.05, 0) is 30.4 Å². The third-order valence-electron chi connectivity index (χ3n) is 4.42. The molecule has 2 aliphatic rings. The third kappa shape index (κ3) is 4.83. The van der Waals surface area contributed by atoms with E-state index in [1.165, 1.54) is 12.8 Å². The molecule has 2 fully saturated rings. The molecule has 1 aliphatic carbocycles. The molecule has 0 bridgehead atoms. The van der Waals surface area contributed by atoms with Crippen LogP contribution >= 0.6 is 24.0 Å². The highest BCUT2D eigenvalue weighted by Crippen LogP contribution is 2.25. The monoisotopic (exact) mass is 428 g/mol. The number of nitrogens with two attached hydrogens (primary N) is 1. The summed E-state index contributed by atoms with van der Waals surface area (Å²) in [5.41, 5.74) is 8.32. The maximum atomic E-state index is 11.7. The van der Waals surface area contributed by atoms with Crippen LogP contribution in [-0.4, -0.2) is 41.3 Å². The van der Waals surface area contributed by atoms with Crippen molar-refractivity contribution in [2.24, 2.45) is 10.7 Å². The summed E-state index contributed by atoms with van der Waals surface area (Å²) in [7, 11) is 2.01. The van der Waals surface area contributed by atoms with Crippen molar-refractivity contribution in [3.05, 3.63) is 35.4 Å². The summed E-state index contributed by atoms with van der Waals surface area (Å²) in [5.74, 6) is 0.876. The zero-order valence-corrected chi connectivity index (χ0v) is 15.9. The molecule has 1 aromatic carbocycles. The van der Waals surface area contributed by atoms with E-state index < -0.39 is 0 Å². The highest BCUT2D eigenvalue weighted by molar-refractivity contribution is 14.0. The van der Waals surface area contributed by atoms with Gasteiger partial charge in [-0.1, -0.05) is 24.3 Å². The van der Waals surface area contributed by atoms with Gasteiger partial charge in [0.25, 0.3) is 0 Å². The Kier molecular flexibility index (Phi) is 6.26. The van der Waals surface area contributed by atoms with Crippen molar-refractivity contribution in [1.29, 1.82) is 0 Å². The predicted molar refractivity (Wildman–Crippen MR) is 103 cm³/mol. The Morgan fingerprint density at radius 1 is 1.39 bits per heavy atom. The SMILES string of the molecule is CN(C(N)=NCc1cccc(CN2CCCC2=O)c1)C1CC1.I. The van der Waals surface area contributed by atoms with Crippen molar-refractivity contribution in [3.63, 3.8) is 0 Å². The summed E-state index contributed by atoms with van der Waals surface area (Å²) >= 11 is 0. The molecular formula is C17H25IN4O. The number of rotatable bonds is 5. The van der Waals surface area contributed by atoms with Gasteiger partial charge in [-0.15, -0.1) is 24.0 Å². The fraction of sp³-hybridized carbons (Fsp3) is 0.529. The van der Waals surface area contributed by atoms with Crippen molar-refractivity contribution in [1.82, 2.24) is 9.80 Å². The quantitative estimate of drug-likeness (QED) is 0.445. The zero-order chi connectivity index (χ0) is 15.5. The average molecular weight is 428 g/mol. The standard InChI is InChI=1S/C17H24N4O.HI/c1-20(15-7-8-15)17(18)19-11-13-4-2-5-14(10-13)12-21-9-3-6-16(21)22;/h2,4-5,10,15H,3,6-9,11-12H2,1H3,(H2,18,19);1H. The van der Waals surface area contributed by atoms with Gasteiger partial charge in [0.05, 0.1) is 6.54 Å². The van der Waals surface area contributed by atoms with Crippen LogP contribution < -0.4 is 5.73 Å². The predicted octanol–water partition coefficient (Wildman–Crippen LogP) is 2.34. The highest BCUT2D eigenvalue weighted by Gasteiger charge is 2.27. The van der Waals surface area contributed by atoms with Crippen LogP contribution in [-0.2, 0) is 17.9 Å². The van der Waals surface area contributed by atoms with E-state index in [0.717, 1.165) is 24.1 Å². The lowest BCUT2D eigenvalue weighted by Crippen LogP contribution is -2.35. The molecule has 0 aromatic heterocycles. The molecule has 1 aliphatic heterocycles. The first kappa shape index (κ1) is 18.0. The Hall–Kier alpha value is -1.31. The molecule has 1 amide bonds. The van der Waals surface area contributed by atoms with Crippen LogP contribution in [0.1, 0.15) is 36.8 Å². The number of guanidine groups is 1. The van der Waals surface area contributed by atoms with Crippen LogP contribution in [0, 0.1) is 0 Å². The lowest BCUT2D eigenvalue weighted by molar-refractivity contribution is -0.128. The van der Waals surface area contributed by atoms with Crippen LogP contribution in [0.15, 0.2) is 29.3 Å². The molecule has 0 atom stereocenters. The maximum Gasteiger partial charge on any atom is 0.222 e. The lowest BCUT2D eigenvalue weighted by atomic mass is 10.1. The molecule has 23 heavy (non-hydrogen) atoms. The maximum absolute atomic E-state index is 11.7. The Bertz CT molecular complexity index is 586. The first-order valence-corrected chi connectivity index (χ1v) is 8.02. The second-order valence-electron chi connectivity index (χ2n) is 6.26. The minimum atomic E-state index is 0. The first-order chi connectivity index (χ1) is 10.6. The molecule has 2 N–H and O–H groups in total. The number of carbonyl (C=O) groups is 1. The molecule has 1 saturated carbocycles. The van der Waals surface area contributed by atoms with Crippen LogP contribution in [0.4, 0.5) is 0 Å². The van der Waals surface area contributed by atoms with Gasteiger partial charge in [0.2, 0.25) is 5.91 Å². The molecule has 0 unspecified atom stereocenters. The summed E-state index contributed by atoms with van der Waals surface area (Å²) in [6.07, 6.45) is 4.10. The van der Waals surface area contributed by atoms with E-state index in [0.29, 0.717) is 31.5 Å².